The van der Waals surface area contributed by atoms with Crippen molar-refractivity contribution in [2.75, 3.05) is 6.61 Å². The van der Waals surface area contributed by atoms with E-state index in [1.807, 2.05) is 12.1 Å². The molecule has 1 aromatic rings. The number of carbonyl (C=O) groups excluding carboxylic acids is 1. The third-order valence-electron chi connectivity index (χ3n) is 5.44. The Balaban J connectivity index is 2.11. The fourth-order valence-electron chi connectivity index (χ4n) is 3.69. The molecule has 1 N–H and O–H groups in total. The van der Waals surface area contributed by atoms with Gasteiger partial charge in [0.2, 0.25) is 0 Å². The van der Waals surface area contributed by atoms with Crippen LogP contribution >= 0.6 is 0 Å². The number of aromatic hydroxyl groups is 1. The molecule has 0 bridgehead atoms. The molecule has 1 aromatic carbocycles. The topological polar surface area (TPSA) is 46.5 Å². The van der Waals surface area contributed by atoms with Gasteiger partial charge in [-0.1, -0.05) is 92.1 Å². The van der Waals surface area contributed by atoms with Crippen LogP contribution in [-0.4, -0.2) is 17.7 Å². The summed E-state index contributed by atoms with van der Waals surface area (Å²) in [6.45, 7) is 11.5. The van der Waals surface area contributed by atoms with E-state index in [0.29, 0.717) is 19.4 Å². The van der Waals surface area contributed by atoms with Crippen LogP contribution in [-0.2, 0) is 21.4 Å². The summed E-state index contributed by atoms with van der Waals surface area (Å²) in [5, 5.41) is 9.77. The Bertz CT molecular complexity index is 584. The molecule has 0 aliphatic heterocycles. The number of phenols is 1. The molecule has 29 heavy (non-hydrogen) atoms. The molecule has 0 aliphatic carbocycles. The van der Waals surface area contributed by atoms with Crippen molar-refractivity contribution in [3.05, 3.63) is 29.3 Å². The molecule has 166 valence electrons. The smallest absolute Gasteiger partial charge is 0.306 e. The number of rotatable bonds is 14. The minimum atomic E-state index is -0.122. The van der Waals surface area contributed by atoms with Gasteiger partial charge in [-0.05, 0) is 47.4 Å². The molecular weight excluding hydrogens is 360 g/mol. The number of aryl methyl sites for hydroxylation is 1. The molecule has 0 fully saturated rings. The Morgan fingerprint density at radius 3 is 2.14 bits per heavy atom. The Morgan fingerprint density at radius 2 is 1.55 bits per heavy atom. The standard InChI is InChI=1S/C26H44O3/c1-21(2)14-12-10-8-6-7-9-11-13-19-29-25(28)18-16-22-15-17-23(27)20-24(22)26(3,4)5/h15,17,20-21,27H,6-14,16,18-19H2,1-5H3. The van der Waals surface area contributed by atoms with Gasteiger partial charge in [-0.3, -0.25) is 4.79 Å². The van der Waals surface area contributed by atoms with Gasteiger partial charge in [-0.25, -0.2) is 0 Å². The maximum Gasteiger partial charge on any atom is 0.306 e. The first-order valence-corrected chi connectivity index (χ1v) is 11.7. The highest BCUT2D eigenvalue weighted by Crippen LogP contribution is 2.29. The highest BCUT2D eigenvalue weighted by Gasteiger charge is 2.19. The lowest BCUT2D eigenvalue weighted by Gasteiger charge is -2.23. The van der Waals surface area contributed by atoms with E-state index in [4.69, 9.17) is 4.74 Å². The summed E-state index contributed by atoms with van der Waals surface area (Å²) in [4.78, 5) is 12.1. The fourth-order valence-corrected chi connectivity index (χ4v) is 3.69. The molecule has 1 rings (SSSR count). The van der Waals surface area contributed by atoms with Gasteiger partial charge < -0.3 is 9.84 Å². The summed E-state index contributed by atoms with van der Waals surface area (Å²) >= 11 is 0. The lowest BCUT2D eigenvalue weighted by Crippen LogP contribution is -2.15. The fraction of sp³-hybridized carbons (Fsp3) is 0.731. The van der Waals surface area contributed by atoms with Crippen molar-refractivity contribution in [2.24, 2.45) is 5.92 Å². The molecule has 3 nitrogen and oxygen atoms in total. The monoisotopic (exact) mass is 404 g/mol. The molecule has 0 unspecified atom stereocenters. The second kappa shape index (κ2) is 13.7. The number of unbranched alkanes of at least 4 members (excludes halogenated alkanes) is 7. The minimum Gasteiger partial charge on any atom is -0.508 e. The molecule has 0 aliphatic rings. The largest absolute Gasteiger partial charge is 0.508 e. The minimum absolute atomic E-state index is 0.0631. The van der Waals surface area contributed by atoms with Gasteiger partial charge in [0.25, 0.3) is 0 Å². The zero-order chi connectivity index (χ0) is 21.7. The van der Waals surface area contributed by atoms with E-state index in [2.05, 4.69) is 34.6 Å². The van der Waals surface area contributed by atoms with E-state index >= 15 is 0 Å². The van der Waals surface area contributed by atoms with Crippen LogP contribution in [0.3, 0.4) is 0 Å². The van der Waals surface area contributed by atoms with Crippen molar-refractivity contribution in [1.29, 1.82) is 0 Å². The number of carbonyl (C=O) groups is 1. The van der Waals surface area contributed by atoms with Crippen LogP contribution in [0, 0.1) is 5.92 Å². The molecule has 0 heterocycles. The molecule has 0 saturated heterocycles. The molecule has 0 aromatic heterocycles. The van der Waals surface area contributed by atoms with E-state index in [0.717, 1.165) is 29.9 Å². The summed E-state index contributed by atoms with van der Waals surface area (Å²) in [7, 11) is 0. The summed E-state index contributed by atoms with van der Waals surface area (Å²) in [6.07, 6.45) is 12.5. The molecule has 0 atom stereocenters. The van der Waals surface area contributed by atoms with E-state index in [1.54, 1.807) is 6.07 Å². The summed E-state index contributed by atoms with van der Waals surface area (Å²) < 4.78 is 5.41. The van der Waals surface area contributed by atoms with E-state index in [1.165, 1.54) is 44.9 Å². The number of benzene rings is 1. The van der Waals surface area contributed by atoms with Gasteiger partial charge in [0, 0.05) is 6.42 Å². The van der Waals surface area contributed by atoms with Crippen molar-refractivity contribution in [2.45, 2.75) is 111 Å². The van der Waals surface area contributed by atoms with Crippen molar-refractivity contribution >= 4 is 5.97 Å². The number of hydrogen-bond acceptors (Lipinski definition) is 3. The van der Waals surface area contributed by atoms with Crippen LogP contribution < -0.4 is 0 Å². The van der Waals surface area contributed by atoms with Gasteiger partial charge in [0.15, 0.2) is 0 Å². The van der Waals surface area contributed by atoms with Crippen LogP contribution in [0.2, 0.25) is 0 Å². The Hall–Kier alpha value is -1.51. The van der Waals surface area contributed by atoms with Crippen LogP contribution in [0.1, 0.15) is 110 Å². The van der Waals surface area contributed by atoms with E-state index < -0.39 is 0 Å². The highest BCUT2D eigenvalue weighted by atomic mass is 16.5. The summed E-state index contributed by atoms with van der Waals surface area (Å²) in [6, 6.07) is 5.43. The third-order valence-corrected chi connectivity index (χ3v) is 5.44. The maximum atomic E-state index is 12.1. The van der Waals surface area contributed by atoms with E-state index in [9.17, 15) is 9.90 Å². The van der Waals surface area contributed by atoms with Crippen molar-refractivity contribution in [3.8, 4) is 5.75 Å². The van der Waals surface area contributed by atoms with Crippen LogP contribution in [0.15, 0.2) is 18.2 Å². The van der Waals surface area contributed by atoms with Gasteiger partial charge in [-0.2, -0.15) is 0 Å². The second-order valence-corrected chi connectivity index (χ2v) is 9.82. The number of hydrogen-bond donors (Lipinski definition) is 1. The summed E-state index contributed by atoms with van der Waals surface area (Å²) in [5.41, 5.74) is 2.14. The first-order valence-electron chi connectivity index (χ1n) is 11.7. The molecular formula is C26H44O3. The maximum absolute atomic E-state index is 12.1. The van der Waals surface area contributed by atoms with Gasteiger partial charge in [-0.15, -0.1) is 0 Å². The normalized spacial score (nSPS) is 11.8. The summed E-state index contributed by atoms with van der Waals surface area (Å²) in [5.74, 6) is 0.985. The van der Waals surface area contributed by atoms with E-state index in [-0.39, 0.29) is 17.1 Å². The lowest BCUT2D eigenvalue weighted by atomic mass is 9.82. The predicted octanol–water partition coefficient (Wildman–Crippen LogP) is 7.33. The molecule has 3 heteroatoms. The van der Waals surface area contributed by atoms with Crippen molar-refractivity contribution < 1.29 is 14.6 Å². The van der Waals surface area contributed by atoms with Gasteiger partial charge in [0.1, 0.15) is 5.75 Å². The highest BCUT2D eigenvalue weighted by molar-refractivity contribution is 5.69. The van der Waals surface area contributed by atoms with Crippen LogP contribution in [0.25, 0.3) is 0 Å². The zero-order valence-electron chi connectivity index (χ0n) is 19.6. The predicted molar refractivity (Wildman–Crippen MR) is 122 cm³/mol. The number of ether oxygens (including phenoxy) is 1. The Kier molecular flexibility index (Phi) is 12.0. The van der Waals surface area contributed by atoms with Gasteiger partial charge >= 0.3 is 5.97 Å². The molecule has 0 spiro atoms. The molecule has 0 radical (unpaired) electrons. The Labute approximate surface area is 179 Å². The third kappa shape index (κ3) is 11.9. The lowest BCUT2D eigenvalue weighted by molar-refractivity contribution is -0.143. The van der Waals surface area contributed by atoms with Crippen molar-refractivity contribution in [3.63, 3.8) is 0 Å². The average Bonchev–Trinajstić information content (AvgIpc) is 2.64. The SMILES string of the molecule is CC(C)CCCCCCCCCCOC(=O)CCc1ccc(O)cc1C(C)(C)C. The van der Waals surface area contributed by atoms with Crippen LogP contribution in [0.4, 0.5) is 0 Å². The average molecular weight is 405 g/mol. The second-order valence-electron chi connectivity index (χ2n) is 9.82. The van der Waals surface area contributed by atoms with Crippen molar-refractivity contribution in [1.82, 2.24) is 0 Å². The number of esters is 1. The molecule has 0 amide bonds. The number of phenolic OH excluding ortho intramolecular Hbond substituents is 1. The Morgan fingerprint density at radius 1 is 0.966 bits per heavy atom. The zero-order valence-corrected chi connectivity index (χ0v) is 19.6. The first kappa shape index (κ1) is 25.5. The molecule has 0 saturated carbocycles. The quantitative estimate of drug-likeness (QED) is 0.261. The van der Waals surface area contributed by atoms with Crippen LogP contribution in [0.5, 0.6) is 5.75 Å². The van der Waals surface area contributed by atoms with Gasteiger partial charge in [0.05, 0.1) is 6.61 Å². The first-order chi connectivity index (χ1) is 13.7.